The molecule has 84 valence electrons. The zero-order valence-corrected chi connectivity index (χ0v) is 10.2. The Morgan fingerprint density at radius 1 is 1.33 bits per heavy atom. The van der Waals surface area contributed by atoms with Crippen LogP contribution in [-0.4, -0.2) is 9.96 Å². The van der Waals surface area contributed by atoms with Gasteiger partial charge in [0, 0.05) is 10.6 Å². The van der Waals surface area contributed by atoms with Gasteiger partial charge in [0.1, 0.15) is 5.82 Å². The van der Waals surface area contributed by atoms with Crippen LogP contribution in [0.25, 0.3) is 0 Å². The van der Waals surface area contributed by atoms with Crippen LogP contribution in [0.1, 0.15) is 27.2 Å². The highest BCUT2D eigenvalue weighted by molar-refractivity contribution is 7.85. The van der Waals surface area contributed by atoms with Crippen LogP contribution in [-0.2, 0) is 10.8 Å². The Hall–Kier alpha value is -0.700. The second-order valence-electron chi connectivity index (χ2n) is 4.82. The quantitative estimate of drug-likeness (QED) is 0.775. The van der Waals surface area contributed by atoms with Crippen LogP contribution in [0, 0.1) is 11.2 Å². The maximum atomic E-state index is 12.9. The molecule has 0 saturated carbocycles. The Kier molecular flexibility index (Phi) is 4.03. The summed E-state index contributed by atoms with van der Waals surface area (Å²) in [4.78, 5) is 0.583. The first-order valence-corrected chi connectivity index (χ1v) is 6.34. The first kappa shape index (κ1) is 12.4. The van der Waals surface area contributed by atoms with Gasteiger partial charge in [-0.05, 0) is 30.0 Å². The van der Waals surface area contributed by atoms with Crippen molar-refractivity contribution in [1.82, 2.24) is 0 Å². The minimum Gasteiger partial charge on any atom is -0.254 e. The average Bonchev–Trinajstić information content (AvgIpc) is 2.13. The van der Waals surface area contributed by atoms with Gasteiger partial charge in [0.2, 0.25) is 0 Å². The summed E-state index contributed by atoms with van der Waals surface area (Å²) < 4.78 is 24.7. The number of hydrogen-bond donors (Lipinski definition) is 0. The third-order valence-corrected chi connectivity index (χ3v) is 3.45. The Morgan fingerprint density at radius 3 is 2.53 bits per heavy atom. The molecule has 15 heavy (non-hydrogen) atoms. The van der Waals surface area contributed by atoms with Gasteiger partial charge >= 0.3 is 0 Å². The van der Waals surface area contributed by atoms with Gasteiger partial charge < -0.3 is 0 Å². The average molecular weight is 228 g/mol. The molecule has 3 heteroatoms. The van der Waals surface area contributed by atoms with Crippen LogP contribution >= 0.6 is 0 Å². The Balaban J connectivity index is 2.62. The van der Waals surface area contributed by atoms with Gasteiger partial charge in [0.05, 0.1) is 10.8 Å². The maximum Gasteiger partial charge on any atom is 0.124 e. The van der Waals surface area contributed by atoms with Crippen molar-refractivity contribution in [2.75, 3.05) is 5.75 Å². The summed E-state index contributed by atoms with van der Waals surface area (Å²) in [5.41, 5.74) is 0.170. The van der Waals surface area contributed by atoms with Crippen molar-refractivity contribution in [3.8, 4) is 0 Å². The molecule has 1 nitrogen and oxygen atoms in total. The summed E-state index contributed by atoms with van der Waals surface area (Å²) in [7, 11) is -1.08. The van der Waals surface area contributed by atoms with Crippen molar-refractivity contribution in [3.63, 3.8) is 0 Å². The summed E-state index contributed by atoms with van der Waals surface area (Å²) in [6.07, 6.45) is 0.871. The molecule has 0 bridgehead atoms. The number of hydrogen-bond acceptors (Lipinski definition) is 1. The van der Waals surface area contributed by atoms with Crippen LogP contribution < -0.4 is 0 Å². The van der Waals surface area contributed by atoms with E-state index in [-0.39, 0.29) is 11.2 Å². The molecule has 1 aromatic carbocycles. The van der Waals surface area contributed by atoms with E-state index in [0.717, 1.165) is 6.42 Å². The van der Waals surface area contributed by atoms with Crippen molar-refractivity contribution in [2.24, 2.45) is 5.41 Å². The molecule has 0 aliphatic rings. The van der Waals surface area contributed by atoms with E-state index in [1.54, 1.807) is 12.1 Å². The monoisotopic (exact) mass is 228 g/mol. The smallest absolute Gasteiger partial charge is 0.124 e. The Morgan fingerprint density at radius 2 is 2.00 bits per heavy atom. The minimum absolute atomic E-state index is 0.170. The molecular weight excluding hydrogens is 211 g/mol. The van der Waals surface area contributed by atoms with E-state index in [0.29, 0.717) is 10.6 Å². The zero-order chi connectivity index (χ0) is 11.5. The summed E-state index contributed by atoms with van der Waals surface area (Å²) in [5.74, 6) is 0.268. The molecule has 0 saturated heterocycles. The van der Waals surface area contributed by atoms with Crippen molar-refractivity contribution < 1.29 is 8.60 Å². The van der Waals surface area contributed by atoms with Crippen LogP contribution in [0.15, 0.2) is 29.2 Å². The van der Waals surface area contributed by atoms with Crippen LogP contribution in [0.3, 0.4) is 0 Å². The first-order chi connectivity index (χ1) is 6.88. The van der Waals surface area contributed by atoms with Crippen LogP contribution in [0.2, 0.25) is 0 Å². The minimum atomic E-state index is -1.08. The summed E-state index contributed by atoms with van der Waals surface area (Å²) in [5, 5.41) is 0. The molecular formula is C12H17FOS. The fourth-order valence-electron chi connectivity index (χ4n) is 1.13. The fourth-order valence-corrected chi connectivity index (χ4v) is 2.63. The van der Waals surface area contributed by atoms with E-state index < -0.39 is 10.8 Å². The summed E-state index contributed by atoms with van der Waals surface area (Å²) in [6.45, 7) is 6.32. The Bertz CT molecular complexity index is 355. The lowest BCUT2D eigenvalue weighted by Crippen LogP contribution is -2.10. The van der Waals surface area contributed by atoms with E-state index in [1.807, 2.05) is 0 Å². The zero-order valence-electron chi connectivity index (χ0n) is 9.42. The van der Waals surface area contributed by atoms with Gasteiger partial charge in [-0.3, -0.25) is 4.21 Å². The fraction of sp³-hybridized carbons (Fsp3) is 0.500. The maximum absolute atomic E-state index is 12.9. The van der Waals surface area contributed by atoms with E-state index >= 15 is 0 Å². The lowest BCUT2D eigenvalue weighted by Gasteiger charge is -2.17. The summed E-state index contributed by atoms with van der Waals surface area (Å²) in [6, 6.07) is 6.02. The molecule has 1 rings (SSSR count). The lowest BCUT2D eigenvalue weighted by molar-refractivity contribution is 0.400. The molecule has 1 unspecified atom stereocenters. The highest BCUT2D eigenvalue weighted by atomic mass is 32.2. The van der Waals surface area contributed by atoms with Gasteiger partial charge in [-0.1, -0.05) is 26.8 Å². The third kappa shape index (κ3) is 4.56. The first-order valence-electron chi connectivity index (χ1n) is 5.02. The molecule has 0 heterocycles. The second kappa shape index (κ2) is 4.88. The SMILES string of the molecule is CC(C)(C)CCS(=O)c1cccc(F)c1. The molecule has 1 atom stereocenters. The Labute approximate surface area is 93.2 Å². The van der Waals surface area contributed by atoms with E-state index in [1.165, 1.54) is 12.1 Å². The molecule has 0 spiro atoms. The standard InChI is InChI=1S/C12H17FOS/c1-12(2,3)7-8-15(14)11-6-4-5-10(13)9-11/h4-6,9H,7-8H2,1-3H3. The van der Waals surface area contributed by atoms with Crippen LogP contribution in [0.4, 0.5) is 4.39 Å². The number of halogens is 1. The lowest BCUT2D eigenvalue weighted by atomic mass is 9.94. The van der Waals surface area contributed by atoms with Gasteiger partial charge in [0.25, 0.3) is 0 Å². The molecule has 0 aliphatic heterocycles. The number of benzene rings is 1. The van der Waals surface area contributed by atoms with Gasteiger partial charge in [-0.2, -0.15) is 0 Å². The van der Waals surface area contributed by atoms with Crippen molar-refractivity contribution in [1.29, 1.82) is 0 Å². The molecule has 0 amide bonds. The van der Waals surface area contributed by atoms with E-state index in [4.69, 9.17) is 0 Å². The van der Waals surface area contributed by atoms with Gasteiger partial charge in [0.15, 0.2) is 0 Å². The molecule has 0 radical (unpaired) electrons. The molecule has 0 fully saturated rings. The highest BCUT2D eigenvalue weighted by Gasteiger charge is 2.13. The molecule has 0 N–H and O–H groups in total. The van der Waals surface area contributed by atoms with Gasteiger partial charge in [-0.15, -0.1) is 0 Å². The topological polar surface area (TPSA) is 17.1 Å². The van der Waals surface area contributed by atoms with Crippen molar-refractivity contribution >= 4 is 10.8 Å². The number of rotatable bonds is 3. The largest absolute Gasteiger partial charge is 0.254 e. The van der Waals surface area contributed by atoms with E-state index in [2.05, 4.69) is 20.8 Å². The van der Waals surface area contributed by atoms with Crippen molar-refractivity contribution in [2.45, 2.75) is 32.1 Å². The van der Waals surface area contributed by atoms with Crippen LogP contribution in [0.5, 0.6) is 0 Å². The van der Waals surface area contributed by atoms with Gasteiger partial charge in [-0.25, -0.2) is 4.39 Å². The molecule has 0 aromatic heterocycles. The highest BCUT2D eigenvalue weighted by Crippen LogP contribution is 2.20. The predicted molar refractivity (Wildman–Crippen MR) is 61.7 cm³/mol. The normalized spacial score (nSPS) is 13.9. The summed E-state index contributed by atoms with van der Waals surface area (Å²) >= 11 is 0. The van der Waals surface area contributed by atoms with E-state index in [9.17, 15) is 8.60 Å². The second-order valence-corrected chi connectivity index (χ2v) is 6.39. The third-order valence-electron chi connectivity index (χ3n) is 2.10. The predicted octanol–water partition coefficient (Wildman–Crippen LogP) is 3.37. The molecule has 1 aromatic rings. The van der Waals surface area contributed by atoms with Crippen molar-refractivity contribution in [3.05, 3.63) is 30.1 Å². The molecule has 0 aliphatic carbocycles.